The number of aromatic amines is 1. The lowest BCUT2D eigenvalue weighted by atomic mass is 9.93. The van der Waals surface area contributed by atoms with Gasteiger partial charge in [-0.15, -0.1) is 0 Å². The Kier molecular flexibility index (Phi) is 2.74. The molecule has 16 heavy (non-hydrogen) atoms. The fourth-order valence-corrected chi connectivity index (χ4v) is 2.83. The molecule has 0 bridgehead atoms. The fraction of sp³-hybridized carbons (Fsp3) is 0.385. The van der Waals surface area contributed by atoms with Crippen molar-refractivity contribution >= 4 is 26.8 Å². The quantitative estimate of drug-likeness (QED) is 0.883. The largest absolute Gasteiger partial charge is 0.361 e. The highest BCUT2D eigenvalue weighted by atomic mass is 79.9. The highest BCUT2D eigenvalue weighted by Crippen LogP contribution is 2.27. The van der Waals surface area contributed by atoms with Crippen LogP contribution in [0, 0.1) is 0 Å². The van der Waals surface area contributed by atoms with Crippen LogP contribution in [0.4, 0.5) is 0 Å². The molecule has 0 aliphatic heterocycles. The van der Waals surface area contributed by atoms with E-state index in [2.05, 4.69) is 50.6 Å². The van der Waals surface area contributed by atoms with Gasteiger partial charge in [-0.25, -0.2) is 0 Å². The highest BCUT2D eigenvalue weighted by molar-refractivity contribution is 9.10. The van der Waals surface area contributed by atoms with Crippen molar-refractivity contribution in [1.82, 2.24) is 10.3 Å². The summed E-state index contributed by atoms with van der Waals surface area (Å²) in [7, 11) is 0. The number of aromatic nitrogens is 1. The van der Waals surface area contributed by atoms with Crippen molar-refractivity contribution in [3.63, 3.8) is 0 Å². The molecule has 1 aromatic carbocycles. The number of benzene rings is 1. The molecule has 1 heterocycles. The summed E-state index contributed by atoms with van der Waals surface area (Å²) >= 11 is 3.62. The van der Waals surface area contributed by atoms with Crippen LogP contribution in [0.5, 0.6) is 0 Å². The highest BCUT2D eigenvalue weighted by Gasteiger charge is 2.17. The topological polar surface area (TPSA) is 27.8 Å². The Hall–Kier alpha value is -0.800. The Labute approximate surface area is 104 Å². The summed E-state index contributed by atoms with van der Waals surface area (Å²) in [4.78, 5) is 3.32. The van der Waals surface area contributed by atoms with E-state index in [0.29, 0.717) is 0 Å². The molecule has 1 aromatic heterocycles. The van der Waals surface area contributed by atoms with Crippen molar-refractivity contribution < 1.29 is 0 Å². The lowest BCUT2D eigenvalue weighted by Crippen LogP contribution is -2.34. The third-order valence-electron chi connectivity index (χ3n) is 3.42. The van der Waals surface area contributed by atoms with E-state index in [-0.39, 0.29) is 0 Å². The summed E-state index contributed by atoms with van der Waals surface area (Å²) in [5.74, 6) is 0. The number of H-pyrrole nitrogens is 1. The Balaban J connectivity index is 1.85. The number of hydrogen-bond donors (Lipinski definition) is 2. The van der Waals surface area contributed by atoms with Crippen molar-refractivity contribution in [1.29, 1.82) is 0 Å². The number of nitrogens with one attached hydrogen (secondary N) is 2. The van der Waals surface area contributed by atoms with Crippen LogP contribution in [0.1, 0.15) is 24.8 Å². The summed E-state index contributed by atoms with van der Waals surface area (Å²) in [5, 5.41) is 4.91. The second-order valence-electron chi connectivity index (χ2n) is 4.49. The van der Waals surface area contributed by atoms with E-state index in [1.807, 2.05) is 0 Å². The minimum absolute atomic E-state index is 0.743. The number of rotatable bonds is 3. The first-order chi connectivity index (χ1) is 7.84. The molecule has 84 valence electrons. The zero-order valence-electron chi connectivity index (χ0n) is 9.09. The van der Waals surface area contributed by atoms with Gasteiger partial charge in [0.15, 0.2) is 0 Å². The standard InChI is InChI=1S/C13H15BrN2/c14-11-5-2-6-12-13(11)9(8-16-12)7-15-10-3-1-4-10/h2,5-6,8,10,15-16H,1,3-4,7H2. The molecule has 2 nitrogen and oxygen atoms in total. The van der Waals surface area contributed by atoms with Gasteiger partial charge in [-0.05, 0) is 30.5 Å². The fourth-order valence-electron chi connectivity index (χ4n) is 2.21. The molecule has 1 saturated carbocycles. The van der Waals surface area contributed by atoms with Crippen LogP contribution in [-0.2, 0) is 6.54 Å². The van der Waals surface area contributed by atoms with Crippen LogP contribution in [0.25, 0.3) is 10.9 Å². The van der Waals surface area contributed by atoms with Crippen molar-refractivity contribution in [2.24, 2.45) is 0 Å². The first-order valence-electron chi connectivity index (χ1n) is 5.82. The molecule has 1 fully saturated rings. The molecule has 2 N–H and O–H groups in total. The van der Waals surface area contributed by atoms with Gasteiger partial charge >= 0.3 is 0 Å². The lowest BCUT2D eigenvalue weighted by Gasteiger charge is -2.26. The van der Waals surface area contributed by atoms with Gasteiger partial charge in [0.1, 0.15) is 0 Å². The Bertz CT molecular complexity index is 500. The third-order valence-corrected chi connectivity index (χ3v) is 4.08. The van der Waals surface area contributed by atoms with E-state index in [9.17, 15) is 0 Å². The van der Waals surface area contributed by atoms with E-state index in [1.54, 1.807) is 0 Å². The molecule has 0 radical (unpaired) electrons. The summed E-state index contributed by atoms with van der Waals surface area (Å²) in [6, 6.07) is 7.02. The van der Waals surface area contributed by atoms with Gasteiger partial charge in [0.2, 0.25) is 0 Å². The molecular weight excluding hydrogens is 264 g/mol. The zero-order valence-corrected chi connectivity index (χ0v) is 10.7. The van der Waals surface area contributed by atoms with E-state index < -0.39 is 0 Å². The molecule has 0 saturated heterocycles. The second-order valence-corrected chi connectivity index (χ2v) is 5.34. The normalized spacial score (nSPS) is 16.6. The molecule has 1 aliphatic carbocycles. The van der Waals surface area contributed by atoms with Crippen molar-refractivity contribution in [3.05, 3.63) is 34.4 Å². The monoisotopic (exact) mass is 278 g/mol. The number of halogens is 1. The molecule has 2 aromatic rings. The first-order valence-corrected chi connectivity index (χ1v) is 6.62. The second kappa shape index (κ2) is 4.22. The molecule has 0 spiro atoms. The van der Waals surface area contributed by atoms with Crippen LogP contribution in [0.15, 0.2) is 28.9 Å². The Morgan fingerprint density at radius 1 is 1.38 bits per heavy atom. The minimum atomic E-state index is 0.743. The summed E-state index contributed by atoms with van der Waals surface area (Å²) in [6.45, 7) is 0.966. The lowest BCUT2D eigenvalue weighted by molar-refractivity contribution is 0.338. The molecule has 3 heteroatoms. The van der Waals surface area contributed by atoms with Gasteiger partial charge in [-0.1, -0.05) is 28.4 Å². The maximum atomic E-state index is 3.62. The minimum Gasteiger partial charge on any atom is -0.361 e. The van der Waals surface area contributed by atoms with Crippen molar-refractivity contribution in [2.45, 2.75) is 31.8 Å². The van der Waals surface area contributed by atoms with E-state index in [1.165, 1.54) is 40.2 Å². The predicted molar refractivity (Wildman–Crippen MR) is 70.5 cm³/mol. The molecule has 1 aliphatic rings. The van der Waals surface area contributed by atoms with Crippen molar-refractivity contribution in [3.8, 4) is 0 Å². The Morgan fingerprint density at radius 3 is 3.00 bits per heavy atom. The van der Waals surface area contributed by atoms with Gasteiger partial charge in [0.25, 0.3) is 0 Å². The average Bonchev–Trinajstić information content (AvgIpc) is 2.61. The van der Waals surface area contributed by atoms with Crippen LogP contribution >= 0.6 is 15.9 Å². The Morgan fingerprint density at radius 2 is 2.25 bits per heavy atom. The van der Waals surface area contributed by atoms with Gasteiger partial charge in [-0.2, -0.15) is 0 Å². The predicted octanol–water partition coefficient (Wildman–Crippen LogP) is 3.57. The maximum absolute atomic E-state index is 3.62. The number of hydrogen-bond acceptors (Lipinski definition) is 1. The first kappa shape index (κ1) is 10.4. The van der Waals surface area contributed by atoms with Crippen molar-refractivity contribution in [2.75, 3.05) is 0 Å². The van der Waals surface area contributed by atoms with Gasteiger partial charge in [0.05, 0.1) is 0 Å². The zero-order chi connectivity index (χ0) is 11.0. The third kappa shape index (κ3) is 1.78. The number of fused-ring (bicyclic) bond motifs is 1. The summed E-state index contributed by atoms with van der Waals surface area (Å²) in [5.41, 5.74) is 2.56. The summed E-state index contributed by atoms with van der Waals surface area (Å²) < 4.78 is 1.18. The van der Waals surface area contributed by atoms with Gasteiger partial charge < -0.3 is 10.3 Å². The molecule has 0 unspecified atom stereocenters. The van der Waals surface area contributed by atoms with E-state index in [4.69, 9.17) is 0 Å². The van der Waals surface area contributed by atoms with Crippen LogP contribution in [0.2, 0.25) is 0 Å². The SMILES string of the molecule is Brc1cccc2[nH]cc(CNC3CCC3)c12. The van der Waals surface area contributed by atoms with E-state index in [0.717, 1.165) is 12.6 Å². The van der Waals surface area contributed by atoms with Gasteiger partial charge in [0, 0.05) is 34.2 Å². The molecule has 3 rings (SSSR count). The van der Waals surface area contributed by atoms with Crippen LogP contribution < -0.4 is 5.32 Å². The summed E-state index contributed by atoms with van der Waals surface area (Å²) in [6.07, 6.45) is 6.17. The maximum Gasteiger partial charge on any atom is 0.0468 e. The molecule has 0 atom stereocenters. The van der Waals surface area contributed by atoms with Crippen LogP contribution in [0.3, 0.4) is 0 Å². The molecular formula is C13H15BrN2. The van der Waals surface area contributed by atoms with Crippen LogP contribution in [-0.4, -0.2) is 11.0 Å². The molecule has 0 amide bonds. The smallest absolute Gasteiger partial charge is 0.0468 e. The average molecular weight is 279 g/mol. The van der Waals surface area contributed by atoms with E-state index >= 15 is 0 Å². The van der Waals surface area contributed by atoms with Gasteiger partial charge in [-0.3, -0.25) is 0 Å².